The summed E-state index contributed by atoms with van der Waals surface area (Å²) >= 11 is 0. The van der Waals surface area contributed by atoms with Crippen LogP contribution in [0.2, 0.25) is 0 Å². The molecule has 0 radical (unpaired) electrons. The molecule has 90 valence electrons. The second-order valence-electron chi connectivity index (χ2n) is 4.45. The van der Waals surface area contributed by atoms with Crippen LogP contribution < -0.4 is 0 Å². The standard InChI is InChI=1S/C14H22O2/c1-11(15)10-14-8-6-13(7-9-14)5-4-12(2)16-3/h6-9,11-12,15H,4-5,10H2,1-3H3. The molecule has 1 N–H and O–H groups in total. The lowest BCUT2D eigenvalue weighted by Crippen LogP contribution is -2.06. The molecule has 0 aliphatic carbocycles. The van der Waals surface area contributed by atoms with Crippen LogP contribution in [0.15, 0.2) is 24.3 Å². The average Bonchev–Trinajstić information content (AvgIpc) is 2.27. The van der Waals surface area contributed by atoms with Gasteiger partial charge in [0.25, 0.3) is 0 Å². The van der Waals surface area contributed by atoms with E-state index in [1.54, 1.807) is 7.11 Å². The number of aryl methyl sites for hydroxylation is 1. The van der Waals surface area contributed by atoms with Crippen LogP contribution in [-0.2, 0) is 17.6 Å². The van der Waals surface area contributed by atoms with Gasteiger partial charge in [-0.1, -0.05) is 24.3 Å². The maximum absolute atomic E-state index is 9.27. The molecule has 2 heteroatoms. The van der Waals surface area contributed by atoms with Gasteiger partial charge in [-0.2, -0.15) is 0 Å². The Morgan fingerprint density at radius 3 is 2.19 bits per heavy atom. The van der Waals surface area contributed by atoms with Gasteiger partial charge in [0.1, 0.15) is 0 Å². The van der Waals surface area contributed by atoms with Crippen molar-refractivity contribution < 1.29 is 9.84 Å². The molecule has 0 aliphatic rings. The van der Waals surface area contributed by atoms with Gasteiger partial charge in [-0.25, -0.2) is 0 Å². The molecule has 2 unspecified atom stereocenters. The Morgan fingerprint density at radius 1 is 1.12 bits per heavy atom. The Kier molecular flexibility index (Phi) is 5.50. The highest BCUT2D eigenvalue weighted by atomic mass is 16.5. The van der Waals surface area contributed by atoms with E-state index in [-0.39, 0.29) is 6.10 Å². The maximum atomic E-state index is 9.27. The van der Waals surface area contributed by atoms with E-state index in [1.807, 2.05) is 6.92 Å². The van der Waals surface area contributed by atoms with Gasteiger partial charge in [0.2, 0.25) is 0 Å². The first-order chi connectivity index (χ1) is 7.61. The number of methoxy groups -OCH3 is 1. The summed E-state index contributed by atoms with van der Waals surface area (Å²) in [6, 6.07) is 8.47. The summed E-state index contributed by atoms with van der Waals surface area (Å²) < 4.78 is 5.22. The van der Waals surface area contributed by atoms with E-state index in [9.17, 15) is 5.11 Å². The average molecular weight is 222 g/mol. The molecule has 0 saturated carbocycles. The van der Waals surface area contributed by atoms with Crippen LogP contribution >= 0.6 is 0 Å². The Hall–Kier alpha value is -0.860. The minimum absolute atomic E-state index is 0.264. The highest BCUT2D eigenvalue weighted by molar-refractivity contribution is 5.23. The monoisotopic (exact) mass is 222 g/mol. The topological polar surface area (TPSA) is 29.5 Å². The molecular formula is C14H22O2. The van der Waals surface area contributed by atoms with Crippen LogP contribution in [0.5, 0.6) is 0 Å². The second-order valence-corrected chi connectivity index (χ2v) is 4.45. The number of aliphatic hydroxyl groups is 1. The Balaban J connectivity index is 2.45. The summed E-state index contributed by atoms with van der Waals surface area (Å²) in [5.41, 5.74) is 2.52. The zero-order valence-electron chi connectivity index (χ0n) is 10.4. The first kappa shape index (κ1) is 13.2. The SMILES string of the molecule is COC(C)CCc1ccc(CC(C)O)cc1. The quantitative estimate of drug-likeness (QED) is 0.801. The van der Waals surface area contributed by atoms with E-state index >= 15 is 0 Å². The third-order valence-corrected chi connectivity index (χ3v) is 2.80. The summed E-state index contributed by atoms with van der Waals surface area (Å²) in [5.74, 6) is 0. The smallest absolute Gasteiger partial charge is 0.0552 e. The molecule has 0 amide bonds. The third kappa shape index (κ3) is 4.77. The first-order valence-corrected chi connectivity index (χ1v) is 5.90. The molecule has 1 aromatic carbocycles. The third-order valence-electron chi connectivity index (χ3n) is 2.80. The Bertz CT molecular complexity index is 290. The first-order valence-electron chi connectivity index (χ1n) is 5.90. The van der Waals surface area contributed by atoms with E-state index in [4.69, 9.17) is 4.74 Å². The van der Waals surface area contributed by atoms with Crippen molar-refractivity contribution in [2.45, 2.75) is 45.3 Å². The number of hydrogen-bond donors (Lipinski definition) is 1. The predicted molar refractivity (Wildman–Crippen MR) is 66.6 cm³/mol. The molecule has 2 atom stereocenters. The zero-order valence-corrected chi connectivity index (χ0v) is 10.4. The number of hydrogen-bond acceptors (Lipinski definition) is 2. The molecule has 0 spiro atoms. The van der Waals surface area contributed by atoms with Crippen LogP contribution in [0.4, 0.5) is 0 Å². The van der Waals surface area contributed by atoms with Crippen LogP contribution in [0.1, 0.15) is 31.4 Å². The molecule has 16 heavy (non-hydrogen) atoms. The van der Waals surface area contributed by atoms with Gasteiger partial charge < -0.3 is 9.84 Å². The normalized spacial score (nSPS) is 14.8. The minimum Gasteiger partial charge on any atom is -0.393 e. The minimum atomic E-state index is -0.264. The number of ether oxygens (including phenoxy) is 1. The molecule has 0 aromatic heterocycles. The van der Waals surface area contributed by atoms with Gasteiger partial charge >= 0.3 is 0 Å². The van der Waals surface area contributed by atoms with Crippen LogP contribution in [0.3, 0.4) is 0 Å². The highest BCUT2D eigenvalue weighted by Crippen LogP contribution is 2.10. The van der Waals surface area contributed by atoms with Crippen molar-refractivity contribution in [3.8, 4) is 0 Å². The fourth-order valence-corrected chi connectivity index (χ4v) is 1.67. The lowest BCUT2D eigenvalue weighted by Gasteiger charge is -2.09. The van der Waals surface area contributed by atoms with Crippen molar-refractivity contribution in [3.05, 3.63) is 35.4 Å². The van der Waals surface area contributed by atoms with Gasteiger partial charge in [0.05, 0.1) is 12.2 Å². The van der Waals surface area contributed by atoms with Crippen LogP contribution in [-0.4, -0.2) is 24.4 Å². The van der Waals surface area contributed by atoms with Crippen LogP contribution in [0, 0.1) is 0 Å². The van der Waals surface area contributed by atoms with Crippen molar-refractivity contribution in [3.63, 3.8) is 0 Å². The maximum Gasteiger partial charge on any atom is 0.0552 e. The van der Waals surface area contributed by atoms with E-state index < -0.39 is 0 Å². The van der Waals surface area contributed by atoms with Gasteiger partial charge in [-0.05, 0) is 44.2 Å². The fraction of sp³-hybridized carbons (Fsp3) is 0.571. The van der Waals surface area contributed by atoms with E-state index in [0.29, 0.717) is 6.10 Å². The molecule has 0 bridgehead atoms. The fourth-order valence-electron chi connectivity index (χ4n) is 1.67. The Morgan fingerprint density at radius 2 is 1.69 bits per heavy atom. The van der Waals surface area contributed by atoms with Crippen molar-refractivity contribution >= 4 is 0 Å². The molecule has 1 rings (SSSR count). The zero-order chi connectivity index (χ0) is 12.0. The lowest BCUT2D eigenvalue weighted by molar-refractivity contribution is 0.111. The van der Waals surface area contributed by atoms with Gasteiger partial charge in [-0.3, -0.25) is 0 Å². The van der Waals surface area contributed by atoms with E-state index in [1.165, 1.54) is 11.1 Å². The molecule has 0 aliphatic heterocycles. The van der Waals surface area contributed by atoms with Crippen LogP contribution in [0.25, 0.3) is 0 Å². The summed E-state index contributed by atoms with van der Waals surface area (Å²) in [7, 11) is 1.75. The summed E-state index contributed by atoms with van der Waals surface area (Å²) in [4.78, 5) is 0. The number of benzene rings is 1. The van der Waals surface area contributed by atoms with Crippen molar-refractivity contribution in [2.24, 2.45) is 0 Å². The highest BCUT2D eigenvalue weighted by Gasteiger charge is 2.02. The molecule has 1 aromatic rings. The second kappa shape index (κ2) is 6.66. The van der Waals surface area contributed by atoms with Gasteiger partial charge in [-0.15, -0.1) is 0 Å². The Labute approximate surface area is 98.3 Å². The summed E-state index contributed by atoms with van der Waals surface area (Å²) in [5, 5.41) is 9.27. The molecule has 0 fully saturated rings. The number of aliphatic hydroxyl groups excluding tert-OH is 1. The van der Waals surface area contributed by atoms with Gasteiger partial charge in [0.15, 0.2) is 0 Å². The summed E-state index contributed by atoms with van der Waals surface area (Å²) in [6.07, 6.45) is 2.88. The lowest BCUT2D eigenvalue weighted by atomic mass is 10.0. The van der Waals surface area contributed by atoms with Crippen molar-refractivity contribution in [1.82, 2.24) is 0 Å². The van der Waals surface area contributed by atoms with Crippen molar-refractivity contribution in [1.29, 1.82) is 0 Å². The van der Waals surface area contributed by atoms with Crippen molar-refractivity contribution in [2.75, 3.05) is 7.11 Å². The summed E-state index contributed by atoms with van der Waals surface area (Å²) in [6.45, 7) is 3.90. The predicted octanol–water partition coefficient (Wildman–Crippen LogP) is 2.58. The van der Waals surface area contributed by atoms with Gasteiger partial charge in [0, 0.05) is 7.11 Å². The van der Waals surface area contributed by atoms with E-state index in [0.717, 1.165) is 19.3 Å². The largest absolute Gasteiger partial charge is 0.393 e. The molecule has 2 nitrogen and oxygen atoms in total. The van der Waals surface area contributed by atoms with E-state index in [2.05, 4.69) is 31.2 Å². The number of rotatable bonds is 6. The molecule has 0 saturated heterocycles. The molecular weight excluding hydrogens is 200 g/mol. The molecule has 0 heterocycles.